The van der Waals surface area contributed by atoms with Crippen LogP contribution in [0.3, 0.4) is 0 Å². The molecule has 6 rings (SSSR count). The van der Waals surface area contributed by atoms with Gasteiger partial charge in [-0.2, -0.15) is 0 Å². The lowest BCUT2D eigenvalue weighted by Crippen LogP contribution is -2.43. The number of Topliss-reactive ketones (excluding diaryl/α,β-unsaturated/α-hetero) is 1. The number of hydrogen-bond donors (Lipinski definition) is 3. The molecule has 9 heteroatoms. The molecule has 4 aromatic carbocycles. The molecule has 230 valence electrons. The summed E-state index contributed by atoms with van der Waals surface area (Å²) in [7, 11) is 0. The second-order valence-corrected chi connectivity index (χ2v) is 11.3. The minimum absolute atomic E-state index is 0.0271. The minimum Gasteiger partial charge on any atom is -0.392 e. The van der Waals surface area contributed by atoms with Gasteiger partial charge in [-0.15, -0.1) is 0 Å². The number of nitrogens with one attached hydrogen (secondary N) is 2. The average Bonchev–Trinajstić information content (AvgIpc) is 3.47. The van der Waals surface area contributed by atoms with Gasteiger partial charge in [0.15, 0.2) is 12.1 Å². The third-order valence-electron chi connectivity index (χ3n) is 8.04. The van der Waals surface area contributed by atoms with Crippen LogP contribution in [-0.4, -0.2) is 38.6 Å². The quantitative estimate of drug-likeness (QED) is 0.178. The van der Waals surface area contributed by atoms with E-state index in [9.17, 15) is 14.7 Å². The van der Waals surface area contributed by atoms with Crippen molar-refractivity contribution in [3.8, 4) is 0 Å². The van der Waals surface area contributed by atoms with Crippen molar-refractivity contribution in [3.05, 3.63) is 132 Å². The minimum atomic E-state index is -0.700. The van der Waals surface area contributed by atoms with Crippen LogP contribution in [-0.2, 0) is 33.8 Å². The van der Waals surface area contributed by atoms with Gasteiger partial charge in [0.2, 0.25) is 0 Å². The summed E-state index contributed by atoms with van der Waals surface area (Å²) in [6.07, 6.45) is 1.70. The molecule has 1 aliphatic rings. The van der Waals surface area contributed by atoms with Crippen molar-refractivity contribution in [1.29, 1.82) is 0 Å². The number of nitrogens with zero attached hydrogens (tertiary/aromatic N) is 2. The largest absolute Gasteiger partial charge is 0.392 e. The molecule has 4 atom stereocenters. The molecule has 5 aromatic rings. The van der Waals surface area contributed by atoms with Crippen molar-refractivity contribution in [2.75, 3.05) is 5.32 Å². The van der Waals surface area contributed by atoms with Crippen LogP contribution in [0.4, 0.5) is 10.5 Å². The maximum atomic E-state index is 13.0. The number of aromatic nitrogens is 2. The lowest BCUT2D eigenvalue weighted by Gasteiger charge is -2.36. The first-order valence-electron chi connectivity index (χ1n) is 15.1. The zero-order valence-corrected chi connectivity index (χ0v) is 25.0. The maximum Gasteiger partial charge on any atom is 0.319 e. The van der Waals surface area contributed by atoms with Crippen molar-refractivity contribution in [3.63, 3.8) is 0 Å². The number of carbonyl (C=O) groups is 2. The van der Waals surface area contributed by atoms with Crippen LogP contribution in [0.15, 0.2) is 109 Å². The van der Waals surface area contributed by atoms with Crippen molar-refractivity contribution >= 4 is 28.5 Å². The summed E-state index contributed by atoms with van der Waals surface area (Å²) in [5.74, 6) is -0.124. The number of benzene rings is 4. The number of ketones is 1. The molecule has 2 amide bonds. The Bertz CT molecular complexity index is 1750. The van der Waals surface area contributed by atoms with E-state index in [1.54, 1.807) is 6.07 Å². The standard InChI is InChI=1S/C36H36N4O5/c1-24(42)32(18-25-8-3-2-4-9-25)39-36(43)38-29-11-7-10-28(19-29)35-44-30(21-40-23-37-31-12-5-6-13-33(31)40)20-34(45-35)27-16-14-26(22-41)15-17-27/h2-17,19,23,30,32,34-35,41H,18,20-22H2,1H3,(H2,38,39,43)/t30-,32+,34+,35?/m0/s1. The van der Waals surface area contributed by atoms with Crippen molar-refractivity contribution in [1.82, 2.24) is 14.9 Å². The summed E-state index contributed by atoms with van der Waals surface area (Å²) < 4.78 is 15.1. The molecule has 0 bridgehead atoms. The number of carbonyl (C=O) groups excluding carboxylic acids is 2. The number of para-hydroxylation sites is 2. The Kier molecular flexibility index (Phi) is 9.30. The van der Waals surface area contributed by atoms with Gasteiger partial charge in [0.05, 0.1) is 48.8 Å². The summed E-state index contributed by atoms with van der Waals surface area (Å²) in [5.41, 5.74) is 6.03. The molecule has 9 nitrogen and oxygen atoms in total. The number of imidazole rings is 1. The monoisotopic (exact) mass is 604 g/mol. The number of hydrogen-bond acceptors (Lipinski definition) is 6. The van der Waals surface area contributed by atoms with E-state index >= 15 is 0 Å². The number of ether oxygens (including phenoxy) is 2. The molecular weight excluding hydrogens is 568 g/mol. The van der Waals surface area contributed by atoms with Gasteiger partial charge in [0.25, 0.3) is 0 Å². The van der Waals surface area contributed by atoms with E-state index in [0.717, 1.165) is 33.3 Å². The van der Waals surface area contributed by atoms with Crippen LogP contribution in [0.2, 0.25) is 0 Å². The van der Waals surface area contributed by atoms with E-state index in [0.29, 0.717) is 25.1 Å². The number of amides is 2. The van der Waals surface area contributed by atoms with E-state index < -0.39 is 18.4 Å². The molecule has 0 spiro atoms. The van der Waals surface area contributed by atoms with Gasteiger partial charge in [-0.3, -0.25) is 4.79 Å². The molecule has 1 fully saturated rings. The van der Waals surface area contributed by atoms with Crippen molar-refractivity contribution in [2.24, 2.45) is 0 Å². The highest BCUT2D eigenvalue weighted by Gasteiger charge is 2.33. The second kappa shape index (κ2) is 13.9. The van der Waals surface area contributed by atoms with E-state index in [1.165, 1.54) is 6.92 Å². The highest BCUT2D eigenvalue weighted by Crippen LogP contribution is 2.39. The number of rotatable bonds is 10. The molecular formula is C36H36N4O5. The van der Waals surface area contributed by atoms with Gasteiger partial charge in [-0.25, -0.2) is 9.78 Å². The SMILES string of the molecule is CC(=O)[C@@H](Cc1ccccc1)NC(=O)Nc1cccc(C2O[C@H](Cn3cnc4ccccc43)C[C@H](c3ccc(CO)cc3)O2)c1. The predicted octanol–water partition coefficient (Wildman–Crippen LogP) is 6.10. The van der Waals surface area contributed by atoms with Gasteiger partial charge < -0.3 is 29.8 Å². The van der Waals surface area contributed by atoms with Gasteiger partial charge in [0, 0.05) is 17.7 Å². The Morgan fingerprint density at radius 2 is 1.69 bits per heavy atom. The summed E-state index contributed by atoms with van der Waals surface area (Å²) >= 11 is 0. The normalized spacial score (nSPS) is 18.8. The maximum absolute atomic E-state index is 13.0. The third kappa shape index (κ3) is 7.46. The zero-order chi connectivity index (χ0) is 31.2. The van der Waals surface area contributed by atoms with Crippen molar-refractivity contribution < 1.29 is 24.2 Å². The van der Waals surface area contributed by atoms with Crippen LogP contribution < -0.4 is 10.6 Å². The highest BCUT2D eigenvalue weighted by atomic mass is 16.7. The Morgan fingerprint density at radius 3 is 2.47 bits per heavy atom. The smallest absolute Gasteiger partial charge is 0.319 e. The van der Waals surface area contributed by atoms with Gasteiger partial charge in [-0.05, 0) is 54.3 Å². The van der Waals surface area contributed by atoms with Crippen molar-refractivity contribution in [2.45, 2.75) is 57.5 Å². The Morgan fingerprint density at radius 1 is 0.911 bits per heavy atom. The number of aliphatic hydroxyl groups excluding tert-OH is 1. The summed E-state index contributed by atoms with van der Waals surface area (Å²) in [6.45, 7) is 2.03. The molecule has 45 heavy (non-hydrogen) atoms. The first-order valence-corrected chi connectivity index (χ1v) is 15.1. The van der Waals surface area contributed by atoms with Gasteiger partial charge in [0.1, 0.15) is 0 Å². The molecule has 2 heterocycles. The first-order chi connectivity index (χ1) is 21.9. The zero-order valence-electron chi connectivity index (χ0n) is 25.0. The molecule has 1 saturated heterocycles. The topological polar surface area (TPSA) is 115 Å². The van der Waals surface area contributed by atoms with Gasteiger partial charge >= 0.3 is 6.03 Å². The Hall–Kier alpha value is -4.83. The number of fused-ring (bicyclic) bond motifs is 1. The molecule has 1 unspecified atom stereocenters. The summed E-state index contributed by atoms with van der Waals surface area (Å²) in [6, 6.07) is 31.6. The average molecular weight is 605 g/mol. The van der Waals surface area contributed by atoms with E-state index in [-0.39, 0.29) is 24.6 Å². The fraction of sp³-hybridized carbons (Fsp3) is 0.250. The van der Waals surface area contributed by atoms with Crippen LogP contribution in [0.1, 0.15) is 48.0 Å². The predicted molar refractivity (Wildman–Crippen MR) is 171 cm³/mol. The molecule has 0 aliphatic carbocycles. The van der Waals surface area contributed by atoms with Crippen LogP contribution in [0.25, 0.3) is 11.0 Å². The summed E-state index contributed by atoms with van der Waals surface area (Å²) in [5, 5.41) is 15.2. The van der Waals surface area contributed by atoms with E-state index in [4.69, 9.17) is 9.47 Å². The lowest BCUT2D eigenvalue weighted by molar-refractivity contribution is -0.252. The number of aliphatic hydroxyl groups is 1. The molecule has 1 aliphatic heterocycles. The van der Waals surface area contributed by atoms with E-state index in [2.05, 4.69) is 20.2 Å². The molecule has 3 N–H and O–H groups in total. The summed E-state index contributed by atoms with van der Waals surface area (Å²) in [4.78, 5) is 29.8. The Balaban J connectivity index is 1.19. The first kappa shape index (κ1) is 30.2. The fourth-order valence-corrected chi connectivity index (χ4v) is 5.64. The molecule has 0 saturated carbocycles. The number of urea groups is 1. The molecule has 1 aromatic heterocycles. The third-order valence-corrected chi connectivity index (χ3v) is 8.04. The Labute approximate surface area is 261 Å². The van der Waals surface area contributed by atoms with E-state index in [1.807, 2.05) is 103 Å². The second-order valence-electron chi connectivity index (χ2n) is 11.3. The molecule has 0 radical (unpaired) electrons. The van der Waals surface area contributed by atoms with Crippen LogP contribution in [0, 0.1) is 0 Å². The van der Waals surface area contributed by atoms with Crippen LogP contribution in [0.5, 0.6) is 0 Å². The van der Waals surface area contributed by atoms with Gasteiger partial charge in [-0.1, -0.05) is 78.9 Å². The van der Waals surface area contributed by atoms with Crippen LogP contribution >= 0.6 is 0 Å². The lowest BCUT2D eigenvalue weighted by atomic mass is 10.00. The highest BCUT2D eigenvalue weighted by molar-refractivity contribution is 5.93. The number of anilines is 1. The fourth-order valence-electron chi connectivity index (χ4n) is 5.64.